The van der Waals surface area contributed by atoms with Gasteiger partial charge in [0.05, 0.1) is 17.9 Å². The van der Waals surface area contributed by atoms with Crippen molar-refractivity contribution in [2.45, 2.75) is 59.5 Å². The maximum Gasteiger partial charge on any atom is 0.191 e. The fraction of sp³-hybridized carbons (Fsp3) is 0.611. The van der Waals surface area contributed by atoms with E-state index < -0.39 is 0 Å². The average Bonchev–Trinajstić information content (AvgIpc) is 3.13. The smallest absolute Gasteiger partial charge is 0.191 e. The van der Waals surface area contributed by atoms with E-state index in [4.69, 9.17) is 4.98 Å². The summed E-state index contributed by atoms with van der Waals surface area (Å²) in [5.74, 6) is 0.806. The zero-order valence-corrected chi connectivity index (χ0v) is 17.0. The van der Waals surface area contributed by atoms with Crippen LogP contribution in [0, 0.1) is 13.8 Å². The Balaban J connectivity index is 1.73. The molecule has 0 unspecified atom stereocenters. The van der Waals surface area contributed by atoms with E-state index in [1.165, 1.54) is 5.69 Å². The fourth-order valence-corrected chi connectivity index (χ4v) is 3.41. The SMILES string of the molecule is CN=C(NCCCn1nc(C)cc1C)NCc1nc(C(C)(C)C)cs1. The van der Waals surface area contributed by atoms with Crippen LogP contribution in [-0.2, 0) is 18.5 Å². The number of aryl methyl sites for hydroxylation is 3. The van der Waals surface area contributed by atoms with Gasteiger partial charge in [-0.3, -0.25) is 9.67 Å². The summed E-state index contributed by atoms with van der Waals surface area (Å²) in [6, 6.07) is 2.10. The normalized spacial score (nSPS) is 12.5. The summed E-state index contributed by atoms with van der Waals surface area (Å²) < 4.78 is 2.05. The van der Waals surface area contributed by atoms with E-state index in [2.05, 4.69) is 64.5 Å². The van der Waals surface area contributed by atoms with E-state index in [-0.39, 0.29) is 5.41 Å². The third-order valence-corrected chi connectivity index (χ3v) is 4.74. The van der Waals surface area contributed by atoms with Crippen LogP contribution < -0.4 is 10.6 Å². The number of hydrogen-bond donors (Lipinski definition) is 2. The van der Waals surface area contributed by atoms with Gasteiger partial charge in [0.25, 0.3) is 0 Å². The van der Waals surface area contributed by atoms with Crippen molar-refractivity contribution in [3.8, 4) is 0 Å². The summed E-state index contributed by atoms with van der Waals surface area (Å²) in [5.41, 5.74) is 3.51. The Morgan fingerprint density at radius 1 is 1.28 bits per heavy atom. The molecule has 2 heterocycles. The third kappa shape index (κ3) is 5.85. The number of thiazole rings is 1. The van der Waals surface area contributed by atoms with Crippen molar-refractivity contribution in [3.05, 3.63) is 33.5 Å². The summed E-state index contributed by atoms with van der Waals surface area (Å²) in [4.78, 5) is 8.97. The standard InChI is InChI=1S/C18H30N6S/c1-13-10-14(2)24(23-13)9-7-8-20-17(19-6)21-11-16-22-15(12-25-16)18(3,4)5/h10,12H,7-9,11H2,1-6H3,(H2,19,20,21). The zero-order chi connectivity index (χ0) is 18.4. The second-order valence-corrected chi connectivity index (χ2v) is 8.18. The predicted molar refractivity (Wildman–Crippen MR) is 105 cm³/mol. The van der Waals surface area contributed by atoms with Crippen molar-refractivity contribution >= 4 is 17.3 Å². The summed E-state index contributed by atoms with van der Waals surface area (Å²) in [7, 11) is 1.79. The number of aromatic nitrogens is 3. The molecule has 0 aliphatic heterocycles. The van der Waals surface area contributed by atoms with E-state index in [0.29, 0.717) is 6.54 Å². The van der Waals surface area contributed by atoms with Gasteiger partial charge in [0.2, 0.25) is 0 Å². The van der Waals surface area contributed by atoms with Gasteiger partial charge >= 0.3 is 0 Å². The van der Waals surface area contributed by atoms with Crippen molar-refractivity contribution in [3.63, 3.8) is 0 Å². The Bertz CT molecular complexity index is 707. The van der Waals surface area contributed by atoms with Gasteiger partial charge in [-0.05, 0) is 26.3 Å². The Kier molecular flexibility index (Phi) is 6.58. The van der Waals surface area contributed by atoms with Crippen molar-refractivity contribution in [2.75, 3.05) is 13.6 Å². The summed E-state index contributed by atoms with van der Waals surface area (Å²) in [6.07, 6.45) is 0.994. The number of nitrogens with one attached hydrogen (secondary N) is 2. The summed E-state index contributed by atoms with van der Waals surface area (Å²) in [6.45, 7) is 13.1. The van der Waals surface area contributed by atoms with Gasteiger partial charge in [0, 0.05) is 36.6 Å². The molecule has 7 heteroatoms. The summed E-state index contributed by atoms with van der Waals surface area (Å²) in [5, 5.41) is 14.4. The van der Waals surface area contributed by atoms with Crippen LogP contribution in [0.4, 0.5) is 0 Å². The fourth-order valence-electron chi connectivity index (χ4n) is 2.45. The third-order valence-electron chi connectivity index (χ3n) is 3.89. The van der Waals surface area contributed by atoms with Crippen molar-refractivity contribution in [2.24, 2.45) is 4.99 Å². The summed E-state index contributed by atoms with van der Waals surface area (Å²) >= 11 is 1.69. The molecule has 0 radical (unpaired) electrons. The molecule has 2 N–H and O–H groups in total. The monoisotopic (exact) mass is 362 g/mol. The van der Waals surface area contributed by atoms with Crippen molar-refractivity contribution in [1.82, 2.24) is 25.4 Å². The van der Waals surface area contributed by atoms with Crippen LogP contribution in [0.15, 0.2) is 16.4 Å². The lowest BCUT2D eigenvalue weighted by molar-refractivity contribution is 0.555. The number of guanidine groups is 1. The van der Waals surface area contributed by atoms with E-state index in [1.54, 1.807) is 18.4 Å². The number of hydrogen-bond acceptors (Lipinski definition) is 4. The number of nitrogens with zero attached hydrogens (tertiary/aromatic N) is 4. The van der Waals surface area contributed by atoms with Crippen LogP contribution in [0.5, 0.6) is 0 Å². The molecular formula is C18H30N6S. The first-order valence-corrected chi connectivity index (χ1v) is 9.58. The van der Waals surface area contributed by atoms with Crippen LogP contribution in [-0.4, -0.2) is 34.3 Å². The van der Waals surface area contributed by atoms with E-state index >= 15 is 0 Å². The van der Waals surface area contributed by atoms with Gasteiger partial charge in [-0.15, -0.1) is 11.3 Å². The molecule has 0 saturated carbocycles. The molecule has 0 aromatic carbocycles. The molecule has 0 aliphatic rings. The first kappa shape index (κ1) is 19.4. The number of rotatable bonds is 6. The molecule has 0 atom stereocenters. The molecule has 138 valence electrons. The van der Waals surface area contributed by atoms with E-state index in [9.17, 15) is 0 Å². The molecule has 0 saturated heterocycles. The molecule has 0 fully saturated rings. The second-order valence-electron chi connectivity index (χ2n) is 7.23. The maximum absolute atomic E-state index is 4.70. The molecule has 2 rings (SSSR count). The van der Waals surface area contributed by atoms with Gasteiger partial charge in [0.1, 0.15) is 5.01 Å². The minimum atomic E-state index is 0.0949. The van der Waals surface area contributed by atoms with Gasteiger partial charge in [0.15, 0.2) is 5.96 Å². The van der Waals surface area contributed by atoms with Gasteiger partial charge < -0.3 is 10.6 Å². The second kappa shape index (κ2) is 8.47. The number of aliphatic imine (C=N–C) groups is 1. The highest BCUT2D eigenvalue weighted by atomic mass is 32.1. The average molecular weight is 363 g/mol. The molecular weight excluding hydrogens is 332 g/mol. The molecule has 2 aromatic heterocycles. The minimum absolute atomic E-state index is 0.0949. The Morgan fingerprint density at radius 3 is 2.60 bits per heavy atom. The van der Waals surface area contributed by atoms with Gasteiger partial charge in [-0.2, -0.15) is 5.10 Å². The highest BCUT2D eigenvalue weighted by Crippen LogP contribution is 2.23. The molecule has 6 nitrogen and oxygen atoms in total. The predicted octanol–water partition coefficient (Wildman–Crippen LogP) is 3.01. The first-order chi connectivity index (χ1) is 11.8. The molecule has 2 aromatic rings. The van der Waals surface area contributed by atoms with Crippen LogP contribution in [0.25, 0.3) is 0 Å². The van der Waals surface area contributed by atoms with Gasteiger partial charge in [-0.1, -0.05) is 20.8 Å². The van der Waals surface area contributed by atoms with E-state index in [0.717, 1.165) is 41.9 Å². The maximum atomic E-state index is 4.70. The molecule has 0 spiro atoms. The first-order valence-electron chi connectivity index (χ1n) is 8.70. The zero-order valence-electron chi connectivity index (χ0n) is 16.2. The Morgan fingerprint density at radius 2 is 2.04 bits per heavy atom. The lowest BCUT2D eigenvalue weighted by atomic mass is 9.93. The van der Waals surface area contributed by atoms with Crippen LogP contribution in [0.3, 0.4) is 0 Å². The molecule has 0 aliphatic carbocycles. The lowest BCUT2D eigenvalue weighted by Gasteiger charge is -2.14. The lowest BCUT2D eigenvalue weighted by Crippen LogP contribution is -2.37. The quantitative estimate of drug-likeness (QED) is 0.471. The van der Waals surface area contributed by atoms with Crippen molar-refractivity contribution < 1.29 is 0 Å². The largest absolute Gasteiger partial charge is 0.356 e. The van der Waals surface area contributed by atoms with Crippen LogP contribution in [0.1, 0.15) is 49.3 Å². The van der Waals surface area contributed by atoms with Crippen LogP contribution >= 0.6 is 11.3 Å². The molecule has 0 bridgehead atoms. The highest BCUT2D eigenvalue weighted by Gasteiger charge is 2.17. The Hall–Kier alpha value is -1.89. The van der Waals surface area contributed by atoms with Gasteiger partial charge in [-0.25, -0.2) is 4.98 Å². The Labute approximate surface area is 154 Å². The van der Waals surface area contributed by atoms with Crippen LogP contribution in [0.2, 0.25) is 0 Å². The molecule has 0 amide bonds. The molecule has 25 heavy (non-hydrogen) atoms. The highest BCUT2D eigenvalue weighted by molar-refractivity contribution is 7.09. The van der Waals surface area contributed by atoms with E-state index in [1.807, 2.05) is 6.92 Å². The minimum Gasteiger partial charge on any atom is -0.356 e. The topological polar surface area (TPSA) is 67.1 Å². The van der Waals surface area contributed by atoms with Crippen molar-refractivity contribution in [1.29, 1.82) is 0 Å².